The highest BCUT2D eigenvalue weighted by Crippen LogP contribution is 2.20. The Morgan fingerprint density at radius 3 is 2.79 bits per heavy atom. The first-order valence-electron chi connectivity index (χ1n) is 5.22. The fourth-order valence-corrected chi connectivity index (χ4v) is 1.68. The van der Waals surface area contributed by atoms with Crippen LogP contribution < -0.4 is 4.90 Å². The second-order valence-electron chi connectivity index (χ2n) is 3.60. The number of nitrogens with zero attached hydrogens (tertiary/aromatic N) is 3. The number of rotatable bonds is 4. The number of hydrogen-bond donors (Lipinski definition) is 2. The van der Waals surface area contributed by atoms with Crippen LogP contribution in [0.15, 0.2) is 30.6 Å². The van der Waals surface area contributed by atoms with Crippen LogP contribution in [0.4, 0.5) is 5.69 Å². The first-order valence-corrected chi connectivity index (χ1v) is 5.60. The number of carboxylic acids is 1. The molecule has 1 amide bonds. The van der Waals surface area contributed by atoms with Gasteiger partial charge in [0.1, 0.15) is 12.9 Å². The van der Waals surface area contributed by atoms with E-state index in [-0.39, 0.29) is 5.82 Å². The number of carbonyl (C=O) groups excluding carboxylic acids is 1. The van der Waals surface area contributed by atoms with Crippen molar-refractivity contribution in [2.75, 3.05) is 11.4 Å². The van der Waals surface area contributed by atoms with E-state index in [1.54, 1.807) is 18.2 Å². The zero-order valence-electron chi connectivity index (χ0n) is 9.58. The lowest BCUT2D eigenvalue weighted by Crippen LogP contribution is -2.36. The second-order valence-corrected chi connectivity index (χ2v) is 4.04. The molecule has 0 fully saturated rings. The van der Waals surface area contributed by atoms with E-state index in [1.807, 2.05) is 0 Å². The van der Waals surface area contributed by atoms with Crippen molar-refractivity contribution in [3.63, 3.8) is 0 Å². The quantitative estimate of drug-likeness (QED) is 0.876. The fraction of sp³-hybridized carbons (Fsp3) is 0.0909. The molecule has 2 N–H and O–H groups in total. The van der Waals surface area contributed by atoms with Crippen molar-refractivity contribution < 1.29 is 14.7 Å². The molecular formula is C11H9ClN4O3. The topological polar surface area (TPSA) is 99.2 Å². The number of H-pyrrole nitrogens is 1. The molecule has 0 saturated heterocycles. The van der Waals surface area contributed by atoms with Crippen LogP contribution in [0, 0.1) is 0 Å². The summed E-state index contributed by atoms with van der Waals surface area (Å²) in [6, 6.07) is 6.34. The third kappa shape index (κ3) is 3.08. The molecule has 0 aliphatic carbocycles. The molecule has 0 aliphatic rings. The Hall–Kier alpha value is -2.41. The van der Waals surface area contributed by atoms with Gasteiger partial charge in [-0.1, -0.05) is 17.7 Å². The lowest BCUT2D eigenvalue weighted by molar-refractivity contribution is -0.135. The summed E-state index contributed by atoms with van der Waals surface area (Å²) >= 11 is 5.83. The van der Waals surface area contributed by atoms with Crippen molar-refractivity contribution >= 4 is 29.2 Å². The van der Waals surface area contributed by atoms with Crippen LogP contribution in [-0.4, -0.2) is 38.7 Å². The first-order chi connectivity index (χ1) is 9.08. The third-order valence-electron chi connectivity index (χ3n) is 2.28. The van der Waals surface area contributed by atoms with Crippen molar-refractivity contribution in [2.45, 2.75) is 0 Å². The molecule has 1 aromatic heterocycles. The Balaban J connectivity index is 2.36. The molecule has 7 nitrogen and oxygen atoms in total. The highest BCUT2D eigenvalue weighted by Gasteiger charge is 2.22. The summed E-state index contributed by atoms with van der Waals surface area (Å²) in [6.45, 7) is -0.500. The van der Waals surface area contributed by atoms with Gasteiger partial charge in [0.2, 0.25) is 5.82 Å². The van der Waals surface area contributed by atoms with Crippen LogP contribution in [0.3, 0.4) is 0 Å². The summed E-state index contributed by atoms with van der Waals surface area (Å²) in [7, 11) is 0. The minimum Gasteiger partial charge on any atom is -0.480 e. The molecule has 0 bridgehead atoms. The summed E-state index contributed by atoms with van der Waals surface area (Å²) in [5.74, 6) is -1.78. The molecule has 1 aromatic carbocycles. The highest BCUT2D eigenvalue weighted by atomic mass is 35.5. The van der Waals surface area contributed by atoms with E-state index >= 15 is 0 Å². The van der Waals surface area contributed by atoms with Gasteiger partial charge >= 0.3 is 5.97 Å². The van der Waals surface area contributed by atoms with E-state index in [9.17, 15) is 9.59 Å². The van der Waals surface area contributed by atoms with Crippen molar-refractivity contribution in [1.82, 2.24) is 15.2 Å². The largest absolute Gasteiger partial charge is 0.480 e. The normalized spacial score (nSPS) is 10.2. The van der Waals surface area contributed by atoms with Crippen molar-refractivity contribution in [3.05, 3.63) is 41.4 Å². The number of aliphatic carboxylic acids is 1. The third-order valence-corrected chi connectivity index (χ3v) is 2.51. The van der Waals surface area contributed by atoms with Crippen LogP contribution >= 0.6 is 11.6 Å². The maximum absolute atomic E-state index is 12.1. The SMILES string of the molecule is O=C(O)CN(C(=O)c1ncn[nH]1)c1cccc(Cl)c1. The number of carbonyl (C=O) groups is 2. The molecule has 98 valence electrons. The van der Waals surface area contributed by atoms with Crippen molar-refractivity contribution in [1.29, 1.82) is 0 Å². The van der Waals surface area contributed by atoms with E-state index in [0.717, 1.165) is 4.90 Å². The van der Waals surface area contributed by atoms with Gasteiger partial charge in [0.05, 0.1) is 0 Å². The molecule has 0 unspecified atom stereocenters. The van der Waals surface area contributed by atoms with Crippen LogP contribution in [0.2, 0.25) is 5.02 Å². The molecule has 0 atom stereocenters. The van der Waals surface area contributed by atoms with Gasteiger partial charge < -0.3 is 5.11 Å². The predicted molar refractivity (Wildman–Crippen MR) is 67.1 cm³/mol. The number of hydrogen-bond acceptors (Lipinski definition) is 4. The van der Waals surface area contributed by atoms with Crippen LogP contribution in [0.25, 0.3) is 0 Å². The fourth-order valence-electron chi connectivity index (χ4n) is 1.50. The van der Waals surface area contributed by atoms with Gasteiger partial charge in [-0.05, 0) is 18.2 Å². The Kier molecular flexibility index (Phi) is 3.76. The number of nitrogens with one attached hydrogen (secondary N) is 1. The van der Waals surface area contributed by atoms with Crippen LogP contribution in [-0.2, 0) is 4.79 Å². The lowest BCUT2D eigenvalue weighted by atomic mass is 10.2. The van der Waals surface area contributed by atoms with E-state index in [2.05, 4.69) is 15.2 Å². The van der Waals surface area contributed by atoms with Gasteiger partial charge in [0.15, 0.2) is 0 Å². The highest BCUT2D eigenvalue weighted by molar-refractivity contribution is 6.31. The number of aromatic nitrogens is 3. The lowest BCUT2D eigenvalue weighted by Gasteiger charge is -2.19. The van der Waals surface area contributed by atoms with Crippen molar-refractivity contribution in [3.8, 4) is 0 Å². The number of amides is 1. The van der Waals surface area contributed by atoms with E-state index in [1.165, 1.54) is 12.4 Å². The zero-order valence-corrected chi connectivity index (χ0v) is 10.3. The molecule has 2 rings (SSSR count). The average Bonchev–Trinajstić information content (AvgIpc) is 2.88. The summed E-state index contributed by atoms with van der Waals surface area (Å²) in [6.07, 6.45) is 1.17. The standard InChI is InChI=1S/C11H9ClN4O3/c12-7-2-1-3-8(4-7)16(5-9(17)18)11(19)10-13-6-14-15-10/h1-4,6H,5H2,(H,17,18)(H,13,14,15). The minimum absolute atomic E-state index is 0.0405. The van der Waals surface area contributed by atoms with Gasteiger partial charge in [0, 0.05) is 10.7 Å². The Bertz CT molecular complexity index is 600. The minimum atomic E-state index is -1.15. The second kappa shape index (κ2) is 5.49. The van der Waals surface area contributed by atoms with Crippen LogP contribution in [0.5, 0.6) is 0 Å². The molecule has 0 saturated carbocycles. The molecule has 2 aromatic rings. The van der Waals surface area contributed by atoms with Gasteiger partial charge in [-0.2, -0.15) is 5.10 Å². The van der Waals surface area contributed by atoms with Gasteiger partial charge in [-0.3, -0.25) is 19.6 Å². The van der Waals surface area contributed by atoms with Gasteiger partial charge in [-0.15, -0.1) is 0 Å². The van der Waals surface area contributed by atoms with Gasteiger partial charge in [0.25, 0.3) is 5.91 Å². The smallest absolute Gasteiger partial charge is 0.323 e. The summed E-state index contributed by atoms with van der Waals surface area (Å²) in [5, 5.41) is 15.2. The number of benzene rings is 1. The number of halogens is 1. The van der Waals surface area contributed by atoms with Crippen LogP contribution in [0.1, 0.15) is 10.6 Å². The summed E-state index contributed by atoms with van der Waals surface area (Å²) in [4.78, 5) is 27.8. The number of anilines is 1. The first kappa shape index (κ1) is 13.0. The predicted octanol–water partition coefficient (Wildman–Crippen LogP) is 1.19. The maximum atomic E-state index is 12.1. The molecular weight excluding hydrogens is 272 g/mol. The monoisotopic (exact) mass is 280 g/mol. The molecule has 0 aliphatic heterocycles. The Morgan fingerprint density at radius 2 is 2.21 bits per heavy atom. The molecule has 0 spiro atoms. The summed E-state index contributed by atoms with van der Waals surface area (Å²) in [5.41, 5.74) is 0.372. The van der Waals surface area contributed by atoms with E-state index in [4.69, 9.17) is 16.7 Å². The Morgan fingerprint density at radius 1 is 1.42 bits per heavy atom. The molecule has 1 heterocycles. The molecule has 8 heteroatoms. The van der Waals surface area contributed by atoms with Gasteiger partial charge in [-0.25, -0.2) is 4.98 Å². The molecule has 19 heavy (non-hydrogen) atoms. The molecule has 0 radical (unpaired) electrons. The van der Waals surface area contributed by atoms with E-state index < -0.39 is 18.4 Å². The average molecular weight is 281 g/mol. The Labute approximate surface area is 112 Å². The number of carboxylic acid groups (broad SMARTS) is 1. The maximum Gasteiger partial charge on any atom is 0.323 e. The van der Waals surface area contributed by atoms with E-state index in [0.29, 0.717) is 10.7 Å². The van der Waals surface area contributed by atoms with Crippen molar-refractivity contribution in [2.24, 2.45) is 0 Å². The zero-order chi connectivity index (χ0) is 13.8. The summed E-state index contributed by atoms with van der Waals surface area (Å²) < 4.78 is 0. The number of aromatic amines is 1.